The molecule has 0 bridgehead atoms. The van der Waals surface area contributed by atoms with E-state index >= 15 is 0 Å². The Balaban J connectivity index is 1.88. The molecule has 7 heteroatoms. The number of piperidine rings is 1. The van der Waals surface area contributed by atoms with E-state index in [-0.39, 0.29) is 12.3 Å². The van der Waals surface area contributed by atoms with Crippen LogP contribution in [0.2, 0.25) is 0 Å². The van der Waals surface area contributed by atoms with E-state index in [2.05, 4.69) is 0 Å². The third-order valence-electron chi connectivity index (χ3n) is 3.35. The standard InChI is InChI=1S/C10H18N2O4S/c13-10(14)6-9-7-12(8-9)17(15,16)11-4-2-1-3-5-11/h9H,1-8H2,(H,13,14). The zero-order valence-corrected chi connectivity index (χ0v) is 10.5. The van der Waals surface area contributed by atoms with Crippen LogP contribution in [0.25, 0.3) is 0 Å². The van der Waals surface area contributed by atoms with Gasteiger partial charge in [0, 0.05) is 26.2 Å². The minimum absolute atomic E-state index is 0.0212. The highest BCUT2D eigenvalue weighted by atomic mass is 32.2. The number of rotatable bonds is 4. The maximum atomic E-state index is 12.1. The van der Waals surface area contributed by atoms with Gasteiger partial charge in [0.25, 0.3) is 10.2 Å². The van der Waals surface area contributed by atoms with Crippen molar-refractivity contribution in [1.82, 2.24) is 8.61 Å². The number of hydrogen-bond acceptors (Lipinski definition) is 3. The van der Waals surface area contributed by atoms with Crippen LogP contribution in [0, 0.1) is 5.92 Å². The number of nitrogens with zero attached hydrogens (tertiary/aromatic N) is 2. The molecule has 2 saturated heterocycles. The average molecular weight is 262 g/mol. The van der Waals surface area contributed by atoms with Crippen molar-refractivity contribution in [2.45, 2.75) is 25.7 Å². The van der Waals surface area contributed by atoms with Crippen LogP contribution in [0.15, 0.2) is 0 Å². The summed E-state index contributed by atoms with van der Waals surface area (Å²) in [4.78, 5) is 10.5. The third kappa shape index (κ3) is 2.78. The van der Waals surface area contributed by atoms with E-state index in [0.29, 0.717) is 26.2 Å². The molecule has 17 heavy (non-hydrogen) atoms. The van der Waals surface area contributed by atoms with Crippen LogP contribution < -0.4 is 0 Å². The van der Waals surface area contributed by atoms with Crippen molar-refractivity contribution in [1.29, 1.82) is 0 Å². The van der Waals surface area contributed by atoms with Crippen LogP contribution in [0.1, 0.15) is 25.7 Å². The van der Waals surface area contributed by atoms with E-state index in [1.54, 1.807) is 0 Å². The largest absolute Gasteiger partial charge is 0.481 e. The summed E-state index contributed by atoms with van der Waals surface area (Å²) in [6.07, 6.45) is 3.00. The second-order valence-corrected chi connectivity index (χ2v) is 6.68. The van der Waals surface area contributed by atoms with Gasteiger partial charge < -0.3 is 5.11 Å². The Morgan fingerprint density at radius 3 is 2.24 bits per heavy atom. The Kier molecular flexibility index (Phi) is 3.70. The van der Waals surface area contributed by atoms with Gasteiger partial charge >= 0.3 is 5.97 Å². The Morgan fingerprint density at radius 2 is 1.71 bits per heavy atom. The Labute approximate surface area is 101 Å². The van der Waals surface area contributed by atoms with Crippen molar-refractivity contribution in [3.63, 3.8) is 0 Å². The third-order valence-corrected chi connectivity index (χ3v) is 5.32. The zero-order valence-electron chi connectivity index (χ0n) is 9.71. The predicted molar refractivity (Wildman–Crippen MR) is 61.7 cm³/mol. The molecule has 0 radical (unpaired) electrons. The molecule has 0 spiro atoms. The molecule has 2 aliphatic heterocycles. The second-order valence-electron chi connectivity index (χ2n) is 4.75. The lowest BCUT2D eigenvalue weighted by atomic mass is 10.00. The van der Waals surface area contributed by atoms with E-state index in [4.69, 9.17) is 5.11 Å². The fraction of sp³-hybridized carbons (Fsp3) is 0.900. The summed E-state index contributed by atoms with van der Waals surface area (Å²) in [5.41, 5.74) is 0. The van der Waals surface area contributed by atoms with E-state index in [9.17, 15) is 13.2 Å². The van der Waals surface area contributed by atoms with E-state index in [1.807, 2.05) is 0 Å². The Bertz CT molecular complexity index is 383. The van der Waals surface area contributed by atoms with Crippen molar-refractivity contribution in [3.8, 4) is 0 Å². The molecule has 0 atom stereocenters. The van der Waals surface area contributed by atoms with Gasteiger partial charge in [0.2, 0.25) is 0 Å². The fourth-order valence-corrected chi connectivity index (χ4v) is 4.19. The molecule has 2 aliphatic rings. The van der Waals surface area contributed by atoms with E-state index in [0.717, 1.165) is 19.3 Å². The van der Waals surface area contributed by atoms with Gasteiger partial charge in [-0.25, -0.2) is 0 Å². The molecule has 0 amide bonds. The lowest BCUT2D eigenvalue weighted by molar-refractivity contribution is -0.139. The summed E-state index contributed by atoms with van der Waals surface area (Å²) in [5, 5.41) is 8.61. The first-order chi connectivity index (χ1) is 8.00. The molecular formula is C10H18N2O4S. The molecule has 6 nitrogen and oxygen atoms in total. The SMILES string of the molecule is O=C(O)CC1CN(S(=O)(=O)N2CCCCC2)C1. The normalized spacial score (nSPS) is 24.5. The number of carboxylic acids is 1. The van der Waals surface area contributed by atoms with Crippen molar-refractivity contribution in [2.24, 2.45) is 5.92 Å². The maximum Gasteiger partial charge on any atom is 0.303 e. The number of carboxylic acid groups (broad SMARTS) is 1. The molecule has 1 N–H and O–H groups in total. The van der Waals surface area contributed by atoms with Crippen LogP contribution in [-0.2, 0) is 15.0 Å². The van der Waals surface area contributed by atoms with Gasteiger partial charge in [-0.2, -0.15) is 17.0 Å². The summed E-state index contributed by atoms with van der Waals surface area (Å²) >= 11 is 0. The lowest BCUT2D eigenvalue weighted by Crippen LogP contribution is -2.56. The summed E-state index contributed by atoms with van der Waals surface area (Å²) in [6, 6.07) is 0. The van der Waals surface area contributed by atoms with Crippen molar-refractivity contribution in [2.75, 3.05) is 26.2 Å². The first kappa shape index (κ1) is 12.8. The minimum atomic E-state index is -3.32. The van der Waals surface area contributed by atoms with Crippen LogP contribution >= 0.6 is 0 Å². The summed E-state index contributed by atoms with van der Waals surface area (Å²) < 4.78 is 27.1. The van der Waals surface area contributed by atoms with Gasteiger partial charge in [0.15, 0.2) is 0 Å². The van der Waals surface area contributed by atoms with Gasteiger partial charge in [-0.05, 0) is 18.8 Å². The second kappa shape index (κ2) is 4.91. The van der Waals surface area contributed by atoms with Crippen molar-refractivity contribution in [3.05, 3.63) is 0 Å². The first-order valence-corrected chi connectivity index (χ1v) is 7.37. The number of aliphatic carboxylic acids is 1. The minimum Gasteiger partial charge on any atom is -0.481 e. The monoisotopic (exact) mass is 262 g/mol. The Morgan fingerprint density at radius 1 is 1.12 bits per heavy atom. The highest BCUT2D eigenvalue weighted by Crippen LogP contribution is 2.26. The van der Waals surface area contributed by atoms with Crippen LogP contribution in [-0.4, -0.2) is 54.3 Å². The molecular weight excluding hydrogens is 244 g/mol. The highest BCUT2D eigenvalue weighted by Gasteiger charge is 2.40. The van der Waals surface area contributed by atoms with Crippen molar-refractivity contribution >= 4 is 16.2 Å². The average Bonchev–Trinajstić information content (AvgIpc) is 2.23. The molecule has 0 aliphatic carbocycles. The van der Waals surface area contributed by atoms with Crippen LogP contribution in [0.4, 0.5) is 0 Å². The molecule has 0 aromatic heterocycles. The van der Waals surface area contributed by atoms with Gasteiger partial charge in [0.1, 0.15) is 0 Å². The molecule has 0 saturated carbocycles. The van der Waals surface area contributed by atoms with E-state index in [1.165, 1.54) is 8.61 Å². The zero-order chi connectivity index (χ0) is 12.5. The summed E-state index contributed by atoms with van der Waals surface area (Å²) in [6.45, 7) is 1.90. The molecule has 0 unspecified atom stereocenters. The first-order valence-electron chi connectivity index (χ1n) is 5.97. The van der Waals surface area contributed by atoms with Gasteiger partial charge in [-0.1, -0.05) is 6.42 Å². The number of hydrogen-bond donors (Lipinski definition) is 1. The molecule has 2 rings (SSSR count). The quantitative estimate of drug-likeness (QED) is 0.781. The Hall–Kier alpha value is -0.660. The van der Waals surface area contributed by atoms with E-state index < -0.39 is 16.2 Å². The number of carbonyl (C=O) groups is 1. The molecule has 98 valence electrons. The fourth-order valence-electron chi connectivity index (χ4n) is 2.35. The van der Waals surface area contributed by atoms with Gasteiger partial charge in [-0.15, -0.1) is 0 Å². The maximum absolute atomic E-state index is 12.1. The molecule has 2 heterocycles. The van der Waals surface area contributed by atoms with Crippen molar-refractivity contribution < 1.29 is 18.3 Å². The smallest absolute Gasteiger partial charge is 0.303 e. The van der Waals surface area contributed by atoms with Gasteiger partial charge in [-0.3, -0.25) is 4.79 Å². The highest BCUT2D eigenvalue weighted by molar-refractivity contribution is 7.86. The summed E-state index contributed by atoms with van der Waals surface area (Å²) in [7, 11) is -3.32. The van der Waals surface area contributed by atoms with Gasteiger partial charge in [0.05, 0.1) is 6.42 Å². The molecule has 0 aromatic rings. The van der Waals surface area contributed by atoms with Crippen LogP contribution in [0.3, 0.4) is 0 Å². The van der Waals surface area contributed by atoms with Crippen LogP contribution in [0.5, 0.6) is 0 Å². The topological polar surface area (TPSA) is 77.9 Å². The lowest BCUT2D eigenvalue weighted by Gasteiger charge is -2.41. The molecule has 0 aromatic carbocycles. The predicted octanol–water partition coefficient (Wildman–Crippen LogP) is 0.124. The summed E-state index contributed by atoms with van der Waals surface area (Å²) in [5.74, 6) is -0.878. The molecule has 2 fully saturated rings.